The Morgan fingerprint density at radius 1 is 1.32 bits per heavy atom. The Hall–Kier alpha value is -1.57. The van der Waals surface area contributed by atoms with Gasteiger partial charge in [-0.2, -0.15) is 8.42 Å². The van der Waals surface area contributed by atoms with Gasteiger partial charge < -0.3 is 9.52 Å². The highest BCUT2D eigenvalue weighted by molar-refractivity contribution is 7.92. The molecule has 0 spiro atoms. The standard InChI is InChI=1S/C11H9ClFNO4S/c12-9-3-1-7(13)5-10(9)14-19(16,17)11-4-2-8(6-15)18-11/h1-5,14-15H,6H2. The molecule has 0 aliphatic carbocycles. The summed E-state index contributed by atoms with van der Waals surface area (Å²) in [7, 11) is -4.02. The third kappa shape index (κ3) is 3.06. The highest BCUT2D eigenvalue weighted by atomic mass is 35.5. The van der Waals surface area contributed by atoms with Crippen LogP contribution in [0.3, 0.4) is 0 Å². The summed E-state index contributed by atoms with van der Waals surface area (Å²) < 4.78 is 43.9. The van der Waals surface area contributed by atoms with Gasteiger partial charge in [0.25, 0.3) is 10.0 Å². The van der Waals surface area contributed by atoms with Crippen LogP contribution in [0.1, 0.15) is 5.76 Å². The number of aliphatic hydroxyl groups excluding tert-OH is 1. The van der Waals surface area contributed by atoms with Crippen molar-refractivity contribution in [3.8, 4) is 0 Å². The van der Waals surface area contributed by atoms with Crippen molar-refractivity contribution >= 4 is 27.3 Å². The molecule has 0 fully saturated rings. The summed E-state index contributed by atoms with van der Waals surface area (Å²) in [5.41, 5.74) is -0.0939. The lowest BCUT2D eigenvalue weighted by atomic mass is 10.3. The molecule has 0 atom stereocenters. The molecule has 0 saturated heterocycles. The van der Waals surface area contributed by atoms with Crippen LogP contribution in [0.25, 0.3) is 0 Å². The Morgan fingerprint density at radius 2 is 2.05 bits per heavy atom. The molecule has 2 aromatic rings. The van der Waals surface area contributed by atoms with Crippen LogP contribution >= 0.6 is 11.6 Å². The fraction of sp³-hybridized carbons (Fsp3) is 0.0909. The van der Waals surface area contributed by atoms with Crippen molar-refractivity contribution in [3.63, 3.8) is 0 Å². The Kier molecular flexibility index (Phi) is 3.79. The van der Waals surface area contributed by atoms with Gasteiger partial charge in [0.2, 0.25) is 5.09 Å². The summed E-state index contributed by atoms with van der Waals surface area (Å²) in [5, 5.41) is 8.47. The molecule has 5 nitrogen and oxygen atoms in total. The van der Waals surface area contributed by atoms with Gasteiger partial charge in [-0.25, -0.2) is 4.39 Å². The summed E-state index contributed by atoms with van der Waals surface area (Å²) >= 11 is 5.76. The van der Waals surface area contributed by atoms with Crippen LogP contribution in [0.5, 0.6) is 0 Å². The largest absolute Gasteiger partial charge is 0.445 e. The SMILES string of the molecule is O=S(=O)(Nc1cc(F)ccc1Cl)c1ccc(CO)o1. The van der Waals surface area contributed by atoms with Crippen molar-refractivity contribution in [3.05, 3.63) is 46.9 Å². The Balaban J connectivity index is 2.33. The van der Waals surface area contributed by atoms with Crippen LogP contribution in [0, 0.1) is 5.82 Å². The zero-order chi connectivity index (χ0) is 14.0. The molecule has 8 heteroatoms. The van der Waals surface area contributed by atoms with Gasteiger partial charge in [0.05, 0.1) is 10.7 Å². The number of benzene rings is 1. The van der Waals surface area contributed by atoms with Gasteiger partial charge in [-0.15, -0.1) is 0 Å². The predicted octanol–water partition coefficient (Wildman–Crippen LogP) is 2.37. The van der Waals surface area contributed by atoms with Crippen molar-refractivity contribution in [1.29, 1.82) is 0 Å². The molecule has 0 aliphatic heterocycles. The first-order chi connectivity index (χ1) is 8.92. The number of anilines is 1. The first-order valence-corrected chi connectivity index (χ1v) is 6.96. The molecule has 2 rings (SSSR count). The van der Waals surface area contributed by atoms with Crippen LogP contribution in [-0.2, 0) is 16.6 Å². The fourth-order valence-corrected chi connectivity index (χ4v) is 2.60. The van der Waals surface area contributed by atoms with Gasteiger partial charge in [-0.05, 0) is 30.3 Å². The van der Waals surface area contributed by atoms with E-state index in [1.165, 1.54) is 18.2 Å². The molecule has 0 saturated carbocycles. The highest BCUT2D eigenvalue weighted by Gasteiger charge is 2.20. The number of rotatable bonds is 4. The van der Waals surface area contributed by atoms with Gasteiger partial charge in [0.1, 0.15) is 18.2 Å². The zero-order valence-electron chi connectivity index (χ0n) is 9.43. The van der Waals surface area contributed by atoms with Crippen molar-refractivity contribution in [2.45, 2.75) is 11.7 Å². The molecule has 0 aliphatic rings. The number of aliphatic hydroxyl groups is 1. The molecule has 0 unspecified atom stereocenters. The summed E-state index contributed by atoms with van der Waals surface area (Å²) in [4.78, 5) is 0. The second-order valence-electron chi connectivity index (χ2n) is 3.61. The number of hydrogen-bond donors (Lipinski definition) is 2. The van der Waals surface area contributed by atoms with Gasteiger partial charge in [0, 0.05) is 0 Å². The second kappa shape index (κ2) is 5.20. The summed E-state index contributed by atoms with van der Waals surface area (Å²) in [6.45, 7) is -0.420. The van der Waals surface area contributed by atoms with E-state index in [2.05, 4.69) is 4.72 Å². The third-order valence-corrected chi connectivity index (χ3v) is 3.80. The molecule has 2 N–H and O–H groups in total. The van der Waals surface area contributed by atoms with Crippen molar-refractivity contribution in [1.82, 2.24) is 0 Å². The number of sulfonamides is 1. The minimum atomic E-state index is -4.02. The summed E-state index contributed by atoms with van der Waals surface area (Å²) in [5.74, 6) is -0.525. The average molecular weight is 306 g/mol. The molecule has 1 aromatic heterocycles. The topological polar surface area (TPSA) is 79.5 Å². The van der Waals surface area contributed by atoms with Crippen LogP contribution in [0.15, 0.2) is 39.8 Å². The summed E-state index contributed by atoms with van der Waals surface area (Å²) in [6.07, 6.45) is 0. The van der Waals surface area contributed by atoms with E-state index in [9.17, 15) is 12.8 Å². The second-order valence-corrected chi connectivity index (χ2v) is 5.63. The maximum Gasteiger partial charge on any atom is 0.295 e. The van der Waals surface area contributed by atoms with Gasteiger partial charge in [-0.1, -0.05) is 11.6 Å². The van der Waals surface area contributed by atoms with Gasteiger partial charge in [0.15, 0.2) is 0 Å². The lowest BCUT2D eigenvalue weighted by Crippen LogP contribution is -2.12. The van der Waals surface area contributed by atoms with Crippen LogP contribution in [0.2, 0.25) is 5.02 Å². The fourth-order valence-electron chi connectivity index (χ4n) is 1.36. The minimum Gasteiger partial charge on any atom is -0.445 e. The molecule has 1 aromatic carbocycles. The zero-order valence-corrected chi connectivity index (χ0v) is 11.0. The maximum absolute atomic E-state index is 13.0. The molecular formula is C11H9ClFNO4S. The van der Waals surface area contributed by atoms with Crippen molar-refractivity contribution < 1.29 is 22.3 Å². The number of furan rings is 1. The van der Waals surface area contributed by atoms with E-state index in [1.807, 2.05) is 0 Å². The third-order valence-electron chi connectivity index (χ3n) is 2.23. The Labute approximate surface area is 113 Å². The van der Waals surface area contributed by atoms with E-state index in [0.29, 0.717) is 0 Å². The normalized spacial score (nSPS) is 11.5. The first-order valence-electron chi connectivity index (χ1n) is 5.10. The maximum atomic E-state index is 13.0. The van der Waals surface area contributed by atoms with E-state index in [4.69, 9.17) is 21.1 Å². The first kappa shape index (κ1) is 13.9. The van der Waals surface area contributed by atoms with Gasteiger partial charge in [-0.3, -0.25) is 4.72 Å². The number of halogens is 2. The average Bonchev–Trinajstić information content (AvgIpc) is 2.83. The smallest absolute Gasteiger partial charge is 0.295 e. The van der Waals surface area contributed by atoms with E-state index in [-0.39, 0.29) is 16.5 Å². The molecule has 0 radical (unpaired) electrons. The van der Waals surface area contributed by atoms with Crippen LogP contribution < -0.4 is 4.72 Å². The van der Waals surface area contributed by atoms with E-state index in [1.54, 1.807) is 0 Å². The molecule has 0 amide bonds. The Morgan fingerprint density at radius 3 is 2.68 bits per heavy atom. The quantitative estimate of drug-likeness (QED) is 0.909. The minimum absolute atomic E-state index is 0.0545. The lowest BCUT2D eigenvalue weighted by Gasteiger charge is -2.07. The van der Waals surface area contributed by atoms with Crippen molar-refractivity contribution in [2.24, 2.45) is 0 Å². The molecule has 0 bridgehead atoms. The van der Waals surface area contributed by atoms with Crippen LogP contribution in [0.4, 0.5) is 10.1 Å². The molecule has 1 heterocycles. The molecule has 19 heavy (non-hydrogen) atoms. The lowest BCUT2D eigenvalue weighted by molar-refractivity contribution is 0.236. The highest BCUT2D eigenvalue weighted by Crippen LogP contribution is 2.26. The molecule has 102 valence electrons. The van der Waals surface area contributed by atoms with E-state index >= 15 is 0 Å². The monoisotopic (exact) mass is 305 g/mol. The number of hydrogen-bond acceptors (Lipinski definition) is 4. The Bertz CT molecular complexity index is 698. The van der Waals surface area contributed by atoms with Crippen molar-refractivity contribution in [2.75, 3.05) is 4.72 Å². The summed E-state index contributed by atoms with van der Waals surface area (Å²) in [6, 6.07) is 5.80. The predicted molar refractivity (Wildman–Crippen MR) is 66.8 cm³/mol. The van der Waals surface area contributed by atoms with E-state index < -0.39 is 27.5 Å². The van der Waals surface area contributed by atoms with Crippen LogP contribution in [-0.4, -0.2) is 13.5 Å². The van der Waals surface area contributed by atoms with Gasteiger partial charge >= 0.3 is 0 Å². The number of nitrogens with one attached hydrogen (secondary N) is 1. The molecular weight excluding hydrogens is 297 g/mol. The van der Waals surface area contributed by atoms with E-state index in [0.717, 1.165) is 12.1 Å².